The van der Waals surface area contributed by atoms with E-state index in [1.807, 2.05) is 0 Å². The molecule has 1 aromatic rings. The fraction of sp³-hybridized carbons (Fsp3) is 0.417. The molecule has 0 aliphatic rings. The molecule has 1 atom stereocenters. The van der Waals surface area contributed by atoms with Crippen LogP contribution in [0.5, 0.6) is 5.75 Å². The van der Waals surface area contributed by atoms with Gasteiger partial charge in [-0.25, -0.2) is 9.86 Å². The molecule has 0 saturated heterocycles. The molecule has 2 N–H and O–H groups in total. The number of rotatable bonds is 5. The summed E-state index contributed by atoms with van der Waals surface area (Å²) < 4.78 is 43.5. The number of halogens is 3. The first-order valence-electron chi connectivity index (χ1n) is 6.21. The van der Waals surface area contributed by atoms with E-state index in [4.69, 9.17) is 5.21 Å². The summed E-state index contributed by atoms with van der Waals surface area (Å²) in [6, 6.07) is 0. The van der Waals surface area contributed by atoms with Crippen molar-refractivity contribution in [2.24, 2.45) is 13.0 Å². The van der Waals surface area contributed by atoms with E-state index in [9.17, 15) is 22.8 Å². The Balaban J connectivity index is 2.71. The molecule has 0 fully saturated rings. The van der Waals surface area contributed by atoms with Gasteiger partial charge in [-0.15, -0.1) is 6.58 Å². The number of hydrogen-bond donors (Lipinski definition) is 2. The van der Waals surface area contributed by atoms with E-state index in [2.05, 4.69) is 21.7 Å². The SMILES string of the molecule is C=CC(CNC(=O)Oc1cn(C)nc1C(F)(F)F)C(=O)N(C)O. The zero-order chi connectivity index (χ0) is 17.8. The predicted molar refractivity (Wildman–Crippen MR) is 70.5 cm³/mol. The van der Waals surface area contributed by atoms with Crippen molar-refractivity contribution in [2.75, 3.05) is 13.6 Å². The molecule has 23 heavy (non-hydrogen) atoms. The fourth-order valence-electron chi connectivity index (χ4n) is 1.58. The Kier molecular flexibility index (Phi) is 5.73. The molecule has 1 rings (SSSR count). The Hall–Kier alpha value is -2.56. The molecule has 2 amide bonds. The number of carbonyl (C=O) groups excluding carboxylic acids is 2. The van der Waals surface area contributed by atoms with Gasteiger partial charge in [-0.3, -0.25) is 14.7 Å². The van der Waals surface area contributed by atoms with Crippen LogP contribution in [0.4, 0.5) is 18.0 Å². The normalized spacial score (nSPS) is 12.4. The molecule has 1 unspecified atom stereocenters. The second-order valence-electron chi connectivity index (χ2n) is 4.49. The van der Waals surface area contributed by atoms with Crippen molar-refractivity contribution in [3.8, 4) is 5.75 Å². The van der Waals surface area contributed by atoms with Crippen molar-refractivity contribution in [1.29, 1.82) is 0 Å². The van der Waals surface area contributed by atoms with Gasteiger partial charge in [0.2, 0.25) is 5.69 Å². The smallest absolute Gasteiger partial charge is 0.406 e. The third-order valence-electron chi connectivity index (χ3n) is 2.65. The standard InChI is InChI=1S/C12H15F3N4O4/c1-4-7(10(20)19(3)22)5-16-11(21)23-8-6-18(2)17-9(8)12(13,14)15/h4,6-7,22H,1,5H2,2-3H3,(H,16,21). The highest BCUT2D eigenvalue weighted by Crippen LogP contribution is 2.34. The van der Waals surface area contributed by atoms with Gasteiger partial charge in [-0.2, -0.15) is 18.3 Å². The first kappa shape index (κ1) is 18.5. The number of aryl methyl sites for hydroxylation is 1. The second kappa shape index (κ2) is 7.13. The van der Waals surface area contributed by atoms with Crippen LogP contribution in [0.1, 0.15) is 5.69 Å². The van der Waals surface area contributed by atoms with Crippen molar-refractivity contribution < 1.29 is 32.7 Å². The second-order valence-corrected chi connectivity index (χ2v) is 4.49. The molecular weight excluding hydrogens is 321 g/mol. The minimum absolute atomic E-state index is 0.308. The Morgan fingerprint density at radius 1 is 1.61 bits per heavy atom. The average molecular weight is 336 g/mol. The Bertz CT molecular complexity index is 598. The van der Waals surface area contributed by atoms with Crippen LogP contribution in [-0.2, 0) is 18.0 Å². The van der Waals surface area contributed by atoms with Gasteiger partial charge in [-0.1, -0.05) is 6.08 Å². The monoisotopic (exact) mass is 336 g/mol. The fourth-order valence-corrected chi connectivity index (χ4v) is 1.58. The number of carbonyl (C=O) groups is 2. The van der Waals surface area contributed by atoms with Gasteiger partial charge in [0.05, 0.1) is 12.1 Å². The lowest BCUT2D eigenvalue weighted by molar-refractivity contribution is -0.162. The maximum Gasteiger partial charge on any atom is 0.438 e. The molecule has 0 saturated carbocycles. The lowest BCUT2D eigenvalue weighted by Crippen LogP contribution is -2.38. The Labute approximate surface area is 129 Å². The van der Waals surface area contributed by atoms with Crippen LogP contribution in [0.25, 0.3) is 0 Å². The molecule has 11 heteroatoms. The lowest BCUT2D eigenvalue weighted by atomic mass is 10.1. The van der Waals surface area contributed by atoms with E-state index in [-0.39, 0.29) is 6.54 Å². The molecule has 0 spiro atoms. The zero-order valence-electron chi connectivity index (χ0n) is 12.3. The van der Waals surface area contributed by atoms with Gasteiger partial charge in [0.25, 0.3) is 5.91 Å². The highest BCUT2D eigenvalue weighted by atomic mass is 19.4. The minimum atomic E-state index is -4.78. The van der Waals surface area contributed by atoms with Crippen molar-refractivity contribution in [1.82, 2.24) is 20.2 Å². The predicted octanol–water partition coefficient (Wildman–Crippen LogP) is 1.18. The molecule has 8 nitrogen and oxygen atoms in total. The number of ether oxygens (including phenoxy) is 1. The van der Waals surface area contributed by atoms with Crippen LogP contribution in [0, 0.1) is 5.92 Å². The summed E-state index contributed by atoms with van der Waals surface area (Å²) >= 11 is 0. The van der Waals surface area contributed by atoms with E-state index < -0.39 is 35.5 Å². The average Bonchev–Trinajstić information content (AvgIpc) is 2.79. The molecule has 1 aromatic heterocycles. The summed E-state index contributed by atoms with van der Waals surface area (Å²) in [5, 5.41) is 14.6. The topological polar surface area (TPSA) is 96.7 Å². The van der Waals surface area contributed by atoms with Gasteiger partial charge >= 0.3 is 12.3 Å². The quantitative estimate of drug-likeness (QED) is 0.478. The highest BCUT2D eigenvalue weighted by molar-refractivity contribution is 5.80. The molecule has 0 radical (unpaired) electrons. The maximum absolute atomic E-state index is 12.7. The number of nitrogens with zero attached hydrogens (tertiary/aromatic N) is 3. The summed E-state index contributed by atoms with van der Waals surface area (Å²) in [6.45, 7) is 3.05. The summed E-state index contributed by atoms with van der Waals surface area (Å²) in [7, 11) is 2.33. The molecule has 0 bridgehead atoms. The molecule has 1 heterocycles. The van der Waals surface area contributed by atoms with E-state index in [0.717, 1.165) is 17.9 Å². The van der Waals surface area contributed by atoms with Crippen LogP contribution in [0.15, 0.2) is 18.9 Å². The van der Waals surface area contributed by atoms with Crippen LogP contribution >= 0.6 is 0 Å². The summed E-state index contributed by atoms with van der Waals surface area (Å²) in [5.74, 6) is -2.48. The highest BCUT2D eigenvalue weighted by Gasteiger charge is 2.38. The summed E-state index contributed by atoms with van der Waals surface area (Å²) in [4.78, 5) is 23.0. The van der Waals surface area contributed by atoms with E-state index >= 15 is 0 Å². The third-order valence-corrected chi connectivity index (χ3v) is 2.65. The first-order chi connectivity index (χ1) is 10.6. The molecule has 0 aliphatic heterocycles. The lowest BCUT2D eigenvalue weighted by Gasteiger charge is -2.16. The largest absolute Gasteiger partial charge is 0.438 e. The van der Waals surface area contributed by atoms with Gasteiger partial charge < -0.3 is 10.1 Å². The van der Waals surface area contributed by atoms with Gasteiger partial charge in [0.15, 0.2) is 5.75 Å². The first-order valence-corrected chi connectivity index (χ1v) is 6.21. The van der Waals surface area contributed by atoms with E-state index in [0.29, 0.717) is 5.06 Å². The minimum Gasteiger partial charge on any atom is -0.406 e. The summed E-state index contributed by atoms with van der Waals surface area (Å²) in [6.07, 6.45) is -3.93. The van der Waals surface area contributed by atoms with Crippen molar-refractivity contribution >= 4 is 12.0 Å². The molecule has 128 valence electrons. The van der Waals surface area contributed by atoms with E-state index in [1.54, 1.807) is 0 Å². The van der Waals surface area contributed by atoms with Crippen LogP contribution in [0.3, 0.4) is 0 Å². The van der Waals surface area contributed by atoms with E-state index in [1.165, 1.54) is 13.1 Å². The van der Waals surface area contributed by atoms with Crippen LogP contribution < -0.4 is 10.1 Å². The zero-order valence-corrected chi connectivity index (χ0v) is 12.3. The number of aromatic nitrogens is 2. The third kappa shape index (κ3) is 4.98. The van der Waals surface area contributed by atoms with Crippen LogP contribution in [-0.4, -0.2) is 45.6 Å². The van der Waals surface area contributed by atoms with Gasteiger partial charge in [0, 0.05) is 20.6 Å². The summed E-state index contributed by atoms with van der Waals surface area (Å²) in [5.41, 5.74) is -1.35. The van der Waals surface area contributed by atoms with Crippen molar-refractivity contribution in [3.63, 3.8) is 0 Å². The number of amides is 2. The maximum atomic E-state index is 12.7. The van der Waals surface area contributed by atoms with Crippen molar-refractivity contribution in [3.05, 3.63) is 24.5 Å². The number of hydroxylamine groups is 2. The number of hydrogen-bond acceptors (Lipinski definition) is 5. The Morgan fingerprint density at radius 3 is 2.70 bits per heavy atom. The molecule has 0 aromatic carbocycles. The number of alkyl halides is 3. The van der Waals surface area contributed by atoms with Gasteiger partial charge in [-0.05, 0) is 0 Å². The Morgan fingerprint density at radius 2 is 2.22 bits per heavy atom. The van der Waals surface area contributed by atoms with Crippen LogP contribution in [0.2, 0.25) is 0 Å². The molecular formula is C12H15F3N4O4. The molecule has 0 aliphatic carbocycles. The van der Waals surface area contributed by atoms with Crippen molar-refractivity contribution in [2.45, 2.75) is 6.18 Å². The number of nitrogens with one attached hydrogen (secondary N) is 1. The van der Waals surface area contributed by atoms with Gasteiger partial charge in [0.1, 0.15) is 0 Å².